The molecule has 0 spiro atoms. The minimum absolute atomic E-state index is 0.0923. The Labute approximate surface area is 207 Å². The highest BCUT2D eigenvalue weighted by Crippen LogP contribution is 2.50. The number of halogens is 6. The minimum atomic E-state index is -5.97. The summed E-state index contributed by atoms with van der Waals surface area (Å²) in [5.41, 5.74) is -4.41. The van der Waals surface area contributed by atoms with E-state index in [4.69, 9.17) is 0 Å². The van der Waals surface area contributed by atoms with E-state index in [1.54, 1.807) is 19.1 Å². The van der Waals surface area contributed by atoms with Gasteiger partial charge in [-0.15, -0.1) is 0 Å². The van der Waals surface area contributed by atoms with Gasteiger partial charge in [0.2, 0.25) is 0 Å². The van der Waals surface area contributed by atoms with Crippen LogP contribution in [0.3, 0.4) is 0 Å². The molecular weight excluding hydrogens is 504 g/mol. The van der Waals surface area contributed by atoms with Gasteiger partial charge in [-0.3, -0.25) is 4.79 Å². The van der Waals surface area contributed by atoms with Gasteiger partial charge in [0, 0.05) is 16.8 Å². The Balaban J connectivity index is 1.85. The van der Waals surface area contributed by atoms with Crippen molar-refractivity contribution in [1.82, 2.24) is 0 Å². The van der Waals surface area contributed by atoms with Crippen LogP contribution < -0.4 is 5.32 Å². The third kappa shape index (κ3) is 5.46. The zero-order valence-electron chi connectivity index (χ0n) is 19.5. The average molecular weight is 525 g/mol. The van der Waals surface area contributed by atoms with E-state index in [9.17, 15) is 41.0 Å². The Morgan fingerprint density at radius 1 is 0.838 bits per heavy atom. The van der Waals surface area contributed by atoms with E-state index < -0.39 is 35.4 Å². The number of aryl methyl sites for hydroxylation is 1. The molecule has 1 amide bonds. The molecular formula is C26H21F6NO4. The van der Waals surface area contributed by atoms with Gasteiger partial charge < -0.3 is 15.2 Å². The van der Waals surface area contributed by atoms with Gasteiger partial charge in [-0.1, -0.05) is 37.3 Å². The summed E-state index contributed by atoms with van der Waals surface area (Å²) in [6.07, 6.45) is -11.9. The van der Waals surface area contributed by atoms with Gasteiger partial charge in [-0.05, 0) is 59.5 Å². The lowest BCUT2D eigenvalue weighted by molar-refractivity contribution is -0.376. The number of ether oxygens (including phenoxy) is 1. The van der Waals surface area contributed by atoms with Crippen LogP contribution in [0.4, 0.5) is 32.0 Å². The number of esters is 1. The zero-order chi connectivity index (χ0) is 27.6. The van der Waals surface area contributed by atoms with Crippen LogP contribution in [0.5, 0.6) is 0 Å². The van der Waals surface area contributed by atoms with Crippen molar-refractivity contribution in [2.75, 3.05) is 12.4 Å². The largest absolute Gasteiger partial charge is 0.465 e. The maximum absolute atomic E-state index is 13.3. The van der Waals surface area contributed by atoms with E-state index in [2.05, 4.69) is 10.1 Å². The molecule has 3 aromatic rings. The topological polar surface area (TPSA) is 75.6 Å². The van der Waals surface area contributed by atoms with Crippen molar-refractivity contribution in [3.05, 3.63) is 89.0 Å². The quantitative estimate of drug-likeness (QED) is 0.294. The summed E-state index contributed by atoms with van der Waals surface area (Å²) in [6, 6.07) is 14.3. The Morgan fingerprint density at radius 3 is 1.86 bits per heavy atom. The summed E-state index contributed by atoms with van der Waals surface area (Å²) in [4.78, 5) is 24.0. The number of methoxy groups -OCH3 is 1. The molecule has 0 aliphatic rings. The number of hydrogen-bond donors (Lipinski definition) is 2. The van der Waals surface area contributed by atoms with Gasteiger partial charge in [-0.25, -0.2) is 4.79 Å². The van der Waals surface area contributed by atoms with E-state index in [-0.39, 0.29) is 23.1 Å². The first-order valence-electron chi connectivity index (χ1n) is 10.8. The molecule has 0 saturated carbocycles. The van der Waals surface area contributed by atoms with Crippen molar-refractivity contribution in [2.24, 2.45) is 0 Å². The van der Waals surface area contributed by atoms with E-state index in [1.165, 1.54) is 43.5 Å². The highest BCUT2D eigenvalue weighted by atomic mass is 19.4. The molecule has 3 aromatic carbocycles. The highest BCUT2D eigenvalue weighted by Gasteiger charge is 2.71. The molecule has 0 aliphatic heterocycles. The first-order chi connectivity index (χ1) is 17.2. The SMILES string of the molecule is CCc1cc(C(O)(C(F)(F)F)C(F)(F)F)ccc1-c1ccc(NC(=O)c2ccc(C(=O)OC)cc2)cc1. The molecule has 0 aromatic heterocycles. The molecule has 0 bridgehead atoms. The third-order valence-corrected chi connectivity index (χ3v) is 5.75. The van der Waals surface area contributed by atoms with Gasteiger partial charge in [-0.2, -0.15) is 26.3 Å². The average Bonchev–Trinajstić information content (AvgIpc) is 2.86. The molecule has 37 heavy (non-hydrogen) atoms. The van der Waals surface area contributed by atoms with Gasteiger partial charge in [0.15, 0.2) is 0 Å². The van der Waals surface area contributed by atoms with Crippen molar-refractivity contribution in [2.45, 2.75) is 31.3 Å². The lowest BCUT2D eigenvalue weighted by Crippen LogP contribution is -2.53. The second kappa shape index (κ2) is 10.3. The number of carbonyl (C=O) groups is 2. The lowest BCUT2D eigenvalue weighted by Gasteiger charge is -2.33. The monoisotopic (exact) mass is 525 g/mol. The summed E-state index contributed by atoms with van der Waals surface area (Å²) in [7, 11) is 1.23. The smallest absolute Gasteiger partial charge is 0.430 e. The van der Waals surface area contributed by atoms with Crippen LogP contribution >= 0.6 is 0 Å². The van der Waals surface area contributed by atoms with Crippen LogP contribution in [0.1, 0.15) is 38.8 Å². The molecule has 0 fully saturated rings. The van der Waals surface area contributed by atoms with Crippen molar-refractivity contribution in [1.29, 1.82) is 0 Å². The number of carbonyl (C=O) groups excluding carboxylic acids is 2. The maximum atomic E-state index is 13.3. The number of anilines is 1. The van der Waals surface area contributed by atoms with Crippen LogP contribution in [0, 0.1) is 0 Å². The van der Waals surface area contributed by atoms with Crippen LogP contribution in [0.2, 0.25) is 0 Å². The Bertz CT molecular complexity index is 1270. The predicted octanol–water partition coefficient (Wildman–Crippen LogP) is 6.27. The maximum Gasteiger partial charge on any atom is 0.430 e. The summed E-state index contributed by atoms with van der Waals surface area (Å²) in [5, 5.41) is 12.3. The normalized spacial score (nSPS) is 12.2. The Morgan fingerprint density at radius 2 is 1.38 bits per heavy atom. The molecule has 0 atom stereocenters. The first kappa shape index (κ1) is 27.7. The number of benzene rings is 3. The molecule has 11 heteroatoms. The summed E-state index contributed by atoms with van der Waals surface area (Å²) in [5.74, 6) is -1.02. The van der Waals surface area contributed by atoms with Crippen molar-refractivity contribution in [3.63, 3.8) is 0 Å². The molecule has 2 N–H and O–H groups in total. The van der Waals surface area contributed by atoms with Gasteiger partial charge in [0.1, 0.15) is 0 Å². The number of aliphatic hydroxyl groups is 1. The number of rotatable bonds is 6. The van der Waals surface area contributed by atoms with Gasteiger partial charge >= 0.3 is 18.3 Å². The Kier molecular flexibility index (Phi) is 7.68. The number of hydrogen-bond acceptors (Lipinski definition) is 4. The van der Waals surface area contributed by atoms with E-state index in [0.29, 0.717) is 28.9 Å². The fourth-order valence-corrected chi connectivity index (χ4v) is 3.69. The zero-order valence-corrected chi connectivity index (χ0v) is 19.5. The fourth-order valence-electron chi connectivity index (χ4n) is 3.69. The van der Waals surface area contributed by atoms with Gasteiger partial charge in [0.05, 0.1) is 12.7 Å². The van der Waals surface area contributed by atoms with Crippen molar-refractivity contribution < 1.29 is 45.8 Å². The molecule has 0 aliphatic carbocycles. The molecule has 0 saturated heterocycles. The van der Waals surface area contributed by atoms with Crippen molar-refractivity contribution in [3.8, 4) is 11.1 Å². The standard InChI is InChI=1S/C26H21F6NO4/c1-3-15-14-19(24(36,25(27,28)29)26(30,31)32)10-13-21(15)16-8-11-20(12-9-16)33-22(34)17-4-6-18(7-5-17)23(35)37-2/h4-14,36H,3H2,1-2H3,(H,33,34). The van der Waals surface area contributed by atoms with E-state index in [1.807, 2.05) is 0 Å². The van der Waals surface area contributed by atoms with E-state index >= 15 is 0 Å². The summed E-state index contributed by atoms with van der Waals surface area (Å²) >= 11 is 0. The molecule has 3 rings (SSSR count). The molecule has 5 nitrogen and oxygen atoms in total. The predicted molar refractivity (Wildman–Crippen MR) is 123 cm³/mol. The Hall–Kier alpha value is -3.86. The molecule has 0 radical (unpaired) electrons. The number of alkyl halides is 6. The first-order valence-corrected chi connectivity index (χ1v) is 10.8. The van der Waals surface area contributed by atoms with E-state index in [0.717, 1.165) is 6.07 Å². The van der Waals surface area contributed by atoms with Crippen LogP contribution in [-0.4, -0.2) is 36.4 Å². The second-order valence-electron chi connectivity index (χ2n) is 8.03. The molecule has 0 heterocycles. The van der Waals surface area contributed by atoms with Crippen LogP contribution in [-0.2, 0) is 16.8 Å². The van der Waals surface area contributed by atoms with Gasteiger partial charge in [0.25, 0.3) is 11.5 Å². The molecule has 196 valence electrons. The molecule has 0 unspecified atom stereocenters. The summed E-state index contributed by atoms with van der Waals surface area (Å²) < 4.78 is 84.2. The third-order valence-electron chi connectivity index (χ3n) is 5.75. The lowest BCUT2D eigenvalue weighted by atomic mass is 9.87. The second-order valence-corrected chi connectivity index (χ2v) is 8.03. The highest BCUT2D eigenvalue weighted by molar-refractivity contribution is 6.05. The number of amides is 1. The summed E-state index contributed by atoms with van der Waals surface area (Å²) in [6.45, 7) is 1.56. The van der Waals surface area contributed by atoms with Crippen LogP contribution in [0.25, 0.3) is 11.1 Å². The van der Waals surface area contributed by atoms with Crippen molar-refractivity contribution >= 4 is 17.6 Å². The number of nitrogens with one attached hydrogen (secondary N) is 1. The minimum Gasteiger partial charge on any atom is -0.465 e. The van der Waals surface area contributed by atoms with Crippen LogP contribution in [0.15, 0.2) is 66.7 Å². The fraction of sp³-hybridized carbons (Fsp3) is 0.231.